The SMILES string of the molecule is Cc1cc(C)c(C(=O)COC(=O)COc2ccccc2C(N)=O)cc1C. The molecule has 26 heavy (non-hydrogen) atoms. The van der Waals surface area contributed by atoms with Gasteiger partial charge in [0.2, 0.25) is 5.78 Å². The summed E-state index contributed by atoms with van der Waals surface area (Å²) in [6.45, 7) is 4.93. The molecule has 2 aromatic rings. The zero-order valence-electron chi connectivity index (χ0n) is 15.0. The molecule has 2 rings (SSSR count). The van der Waals surface area contributed by atoms with E-state index in [1.807, 2.05) is 26.8 Å². The van der Waals surface area contributed by atoms with Crippen molar-refractivity contribution in [1.82, 2.24) is 0 Å². The van der Waals surface area contributed by atoms with Crippen molar-refractivity contribution in [2.75, 3.05) is 13.2 Å². The summed E-state index contributed by atoms with van der Waals surface area (Å²) in [6.07, 6.45) is 0. The second kappa shape index (κ2) is 8.29. The smallest absolute Gasteiger partial charge is 0.344 e. The number of carbonyl (C=O) groups is 3. The Balaban J connectivity index is 1.92. The van der Waals surface area contributed by atoms with Crippen LogP contribution in [0.3, 0.4) is 0 Å². The van der Waals surface area contributed by atoms with Crippen LogP contribution in [-0.4, -0.2) is 30.9 Å². The molecule has 0 saturated heterocycles. The number of ketones is 1. The summed E-state index contributed by atoms with van der Waals surface area (Å²) in [5.41, 5.74) is 8.86. The molecule has 2 aromatic carbocycles. The first-order valence-electron chi connectivity index (χ1n) is 8.08. The number of hydrogen-bond acceptors (Lipinski definition) is 5. The summed E-state index contributed by atoms with van der Waals surface area (Å²) in [6, 6.07) is 10.0. The first-order valence-corrected chi connectivity index (χ1v) is 8.08. The fourth-order valence-electron chi connectivity index (χ4n) is 2.46. The molecule has 2 N–H and O–H groups in total. The zero-order valence-corrected chi connectivity index (χ0v) is 15.0. The minimum atomic E-state index is -0.709. The Morgan fingerprint density at radius 3 is 2.23 bits per heavy atom. The van der Waals surface area contributed by atoms with Gasteiger partial charge in [-0.3, -0.25) is 9.59 Å². The number of esters is 1. The Bertz CT molecular complexity index is 857. The van der Waals surface area contributed by atoms with Crippen molar-refractivity contribution in [3.05, 3.63) is 64.2 Å². The van der Waals surface area contributed by atoms with E-state index in [0.717, 1.165) is 16.7 Å². The highest BCUT2D eigenvalue weighted by Gasteiger charge is 2.15. The number of primary amides is 1. The van der Waals surface area contributed by atoms with Gasteiger partial charge in [0.25, 0.3) is 5.91 Å². The van der Waals surface area contributed by atoms with Crippen molar-refractivity contribution in [3.63, 3.8) is 0 Å². The number of hydrogen-bond donors (Lipinski definition) is 1. The molecule has 1 amide bonds. The Morgan fingerprint density at radius 2 is 1.54 bits per heavy atom. The van der Waals surface area contributed by atoms with Crippen molar-refractivity contribution in [1.29, 1.82) is 0 Å². The predicted molar refractivity (Wildman–Crippen MR) is 96.4 cm³/mol. The normalized spacial score (nSPS) is 10.3. The summed E-state index contributed by atoms with van der Waals surface area (Å²) in [5.74, 6) is -1.46. The van der Waals surface area contributed by atoms with E-state index in [4.69, 9.17) is 15.2 Å². The molecular formula is C20H21NO5. The molecule has 0 aliphatic rings. The fraction of sp³-hybridized carbons (Fsp3) is 0.250. The third-order valence-electron chi connectivity index (χ3n) is 4.00. The number of rotatable bonds is 7. The lowest BCUT2D eigenvalue weighted by molar-refractivity contribution is -0.144. The molecule has 0 aliphatic carbocycles. The molecule has 0 heterocycles. The van der Waals surface area contributed by atoms with Crippen LogP contribution >= 0.6 is 0 Å². The maximum Gasteiger partial charge on any atom is 0.344 e. The zero-order chi connectivity index (χ0) is 19.3. The fourth-order valence-corrected chi connectivity index (χ4v) is 2.46. The van der Waals surface area contributed by atoms with E-state index in [-0.39, 0.29) is 23.7 Å². The van der Waals surface area contributed by atoms with Crippen LogP contribution in [0.15, 0.2) is 36.4 Å². The molecule has 6 nitrogen and oxygen atoms in total. The molecule has 0 atom stereocenters. The van der Waals surface area contributed by atoms with Crippen molar-refractivity contribution in [3.8, 4) is 5.75 Å². The van der Waals surface area contributed by atoms with Crippen LogP contribution in [0.1, 0.15) is 37.4 Å². The summed E-state index contributed by atoms with van der Waals surface area (Å²) in [4.78, 5) is 35.4. The Morgan fingerprint density at radius 1 is 0.885 bits per heavy atom. The highest BCUT2D eigenvalue weighted by Crippen LogP contribution is 2.18. The summed E-state index contributed by atoms with van der Waals surface area (Å²) in [5, 5.41) is 0. The van der Waals surface area contributed by atoms with Gasteiger partial charge in [-0.15, -0.1) is 0 Å². The molecule has 0 radical (unpaired) electrons. The largest absolute Gasteiger partial charge is 0.481 e. The first-order chi connectivity index (χ1) is 12.3. The van der Waals surface area contributed by atoms with E-state index >= 15 is 0 Å². The lowest BCUT2D eigenvalue weighted by Gasteiger charge is -2.11. The minimum absolute atomic E-state index is 0.169. The van der Waals surface area contributed by atoms with Gasteiger partial charge in [-0.2, -0.15) is 0 Å². The summed E-state index contributed by atoms with van der Waals surface area (Å²) < 4.78 is 10.2. The monoisotopic (exact) mass is 355 g/mol. The van der Waals surface area contributed by atoms with Crippen LogP contribution in [0, 0.1) is 20.8 Å². The predicted octanol–water partition coefficient (Wildman–Crippen LogP) is 2.52. The maximum absolute atomic E-state index is 12.3. The van der Waals surface area contributed by atoms with Crippen LogP contribution in [0.5, 0.6) is 5.75 Å². The van der Waals surface area contributed by atoms with E-state index in [1.165, 1.54) is 12.1 Å². The van der Waals surface area contributed by atoms with E-state index in [0.29, 0.717) is 5.56 Å². The summed E-state index contributed by atoms with van der Waals surface area (Å²) >= 11 is 0. The minimum Gasteiger partial charge on any atom is -0.481 e. The Kier molecular flexibility index (Phi) is 6.11. The quantitative estimate of drug-likeness (QED) is 0.608. The van der Waals surface area contributed by atoms with Gasteiger partial charge in [-0.05, 0) is 55.7 Å². The van der Waals surface area contributed by atoms with Crippen LogP contribution in [0.2, 0.25) is 0 Å². The van der Waals surface area contributed by atoms with Crippen LogP contribution in [0.4, 0.5) is 0 Å². The number of aryl methyl sites for hydroxylation is 3. The van der Waals surface area contributed by atoms with Gasteiger partial charge >= 0.3 is 5.97 Å². The Labute approximate surface area is 151 Å². The average Bonchev–Trinajstić information content (AvgIpc) is 2.61. The van der Waals surface area contributed by atoms with Gasteiger partial charge in [-0.1, -0.05) is 18.2 Å². The lowest BCUT2D eigenvalue weighted by atomic mass is 9.98. The van der Waals surface area contributed by atoms with Crippen molar-refractivity contribution < 1.29 is 23.9 Å². The standard InChI is InChI=1S/C20H21NO5/c1-12-8-14(3)16(9-13(12)2)17(22)10-26-19(23)11-25-18-7-5-4-6-15(18)20(21)24/h4-9H,10-11H2,1-3H3,(H2,21,24). The molecular weight excluding hydrogens is 334 g/mol. The van der Waals surface area contributed by atoms with E-state index in [2.05, 4.69) is 0 Å². The number of nitrogens with two attached hydrogens (primary N) is 1. The van der Waals surface area contributed by atoms with Crippen molar-refractivity contribution in [2.24, 2.45) is 5.73 Å². The molecule has 0 aliphatic heterocycles. The molecule has 0 saturated carbocycles. The van der Waals surface area contributed by atoms with Gasteiger partial charge in [-0.25, -0.2) is 4.79 Å². The molecule has 0 bridgehead atoms. The Hall–Kier alpha value is -3.15. The third kappa shape index (κ3) is 4.69. The van der Waals surface area contributed by atoms with Gasteiger partial charge in [0.15, 0.2) is 13.2 Å². The molecule has 0 fully saturated rings. The second-order valence-electron chi connectivity index (χ2n) is 5.98. The molecule has 0 aromatic heterocycles. The van der Waals surface area contributed by atoms with Gasteiger partial charge in [0.1, 0.15) is 5.75 Å². The molecule has 0 unspecified atom stereocenters. The number of carbonyl (C=O) groups excluding carboxylic acids is 3. The van der Waals surface area contributed by atoms with E-state index in [1.54, 1.807) is 18.2 Å². The van der Waals surface area contributed by atoms with Crippen LogP contribution in [-0.2, 0) is 9.53 Å². The van der Waals surface area contributed by atoms with Gasteiger partial charge < -0.3 is 15.2 Å². The molecule has 6 heteroatoms. The highest BCUT2D eigenvalue weighted by atomic mass is 16.6. The topological polar surface area (TPSA) is 95.7 Å². The van der Waals surface area contributed by atoms with Crippen LogP contribution < -0.4 is 10.5 Å². The van der Waals surface area contributed by atoms with Gasteiger partial charge in [0, 0.05) is 5.56 Å². The molecule has 0 spiro atoms. The van der Waals surface area contributed by atoms with Gasteiger partial charge in [0.05, 0.1) is 5.56 Å². The highest BCUT2D eigenvalue weighted by molar-refractivity contribution is 5.99. The van der Waals surface area contributed by atoms with E-state index in [9.17, 15) is 14.4 Å². The molecule has 136 valence electrons. The number of para-hydroxylation sites is 1. The number of Topliss-reactive ketones (excluding diaryl/α,β-unsaturated/α-hetero) is 1. The van der Waals surface area contributed by atoms with Crippen molar-refractivity contribution >= 4 is 17.7 Å². The van der Waals surface area contributed by atoms with Crippen molar-refractivity contribution in [2.45, 2.75) is 20.8 Å². The number of amides is 1. The summed E-state index contributed by atoms with van der Waals surface area (Å²) in [7, 11) is 0. The first kappa shape index (κ1) is 19.2. The van der Waals surface area contributed by atoms with E-state index < -0.39 is 18.5 Å². The number of benzene rings is 2. The number of ether oxygens (including phenoxy) is 2. The average molecular weight is 355 g/mol. The second-order valence-corrected chi connectivity index (χ2v) is 5.98. The van der Waals surface area contributed by atoms with Crippen LogP contribution in [0.25, 0.3) is 0 Å². The lowest BCUT2D eigenvalue weighted by Crippen LogP contribution is -2.21. The maximum atomic E-state index is 12.3. The third-order valence-corrected chi connectivity index (χ3v) is 4.00.